The Bertz CT molecular complexity index is 496. The maximum Gasteiger partial charge on any atom is 0.446 e. The van der Waals surface area contributed by atoms with Crippen LogP contribution in [0.4, 0.5) is 11.4 Å². The zero-order valence-corrected chi connectivity index (χ0v) is 7.97. The Morgan fingerprint density at radius 1 is 1.47 bits per heavy atom. The molecule has 1 aromatic carbocycles. The Hall–Kier alpha value is -1.87. The number of nitrogen functional groups attached to an aromatic ring is 1. The van der Waals surface area contributed by atoms with Crippen LogP contribution in [-0.4, -0.2) is 17.9 Å². The average molecular weight is 234 g/mol. The largest absolute Gasteiger partial charge is 0.446 e. The summed E-state index contributed by atoms with van der Waals surface area (Å²) in [5.41, 5.74) is 4.27. The van der Waals surface area contributed by atoms with E-state index in [9.17, 15) is 18.5 Å². The van der Waals surface area contributed by atoms with Crippen LogP contribution in [0.5, 0.6) is 5.75 Å². The molecule has 82 valence electrons. The zero-order valence-electron chi connectivity index (χ0n) is 7.15. The van der Waals surface area contributed by atoms with Crippen LogP contribution in [0, 0.1) is 10.1 Å². The Labute approximate surface area is 84.4 Å². The summed E-state index contributed by atoms with van der Waals surface area (Å²) in [7, 11) is -4.81. The highest BCUT2D eigenvalue weighted by Gasteiger charge is 2.22. The molecule has 0 unspecified atom stereocenters. The molecule has 0 bridgehead atoms. The van der Waals surface area contributed by atoms with Crippen LogP contribution in [0.25, 0.3) is 0 Å². The summed E-state index contributed by atoms with van der Waals surface area (Å²) in [6, 6.07) is 3.46. The van der Waals surface area contributed by atoms with Gasteiger partial charge in [-0.05, 0) is 12.1 Å². The second kappa shape index (κ2) is 3.71. The average Bonchev–Trinajstić information content (AvgIpc) is 1.99. The minimum Gasteiger partial charge on any atom is -0.393 e. The van der Waals surface area contributed by atoms with Gasteiger partial charge in [-0.1, -0.05) is 6.07 Å². The van der Waals surface area contributed by atoms with Gasteiger partial charge >= 0.3 is 16.1 Å². The van der Waals surface area contributed by atoms with Crippen molar-refractivity contribution in [1.82, 2.24) is 0 Å². The van der Waals surface area contributed by atoms with Crippen LogP contribution in [0.15, 0.2) is 18.2 Å². The minimum absolute atomic E-state index is 0.263. The molecule has 0 spiro atoms. The number of para-hydroxylation sites is 1. The van der Waals surface area contributed by atoms with Crippen LogP contribution >= 0.6 is 0 Å². The van der Waals surface area contributed by atoms with Crippen molar-refractivity contribution in [2.24, 2.45) is 0 Å². The molecule has 0 saturated carbocycles. The minimum atomic E-state index is -4.81. The molecule has 1 rings (SSSR count). The number of nitro groups is 1. The molecule has 9 heteroatoms. The summed E-state index contributed by atoms with van der Waals surface area (Å²) >= 11 is 0. The topological polar surface area (TPSA) is 133 Å². The van der Waals surface area contributed by atoms with Crippen molar-refractivity contribution < 1.29 is 22.1 Å². The van der Waals surface area contributed by atoms with Gasteiger partial charge in [0.05, 0.1) is 4.92 Å². The van der Waals surface area contributed by atoms with Gasteiger partial charge in [-0.3, -0.25) is 14.7 Å². The van der Waals surface area contributed by atoms with E-state index in [1.807, 2.05) is 0 Å². The summed E-state index contributed by atoms with van der Waals surface area (Å²) in [4.78, 5) is 9.59. The smallest absolute Gasteiger partial charge is 0.393 e. The highest BCUT2D eigenvalue weighted by Crippen LogP contribution is 2.33. The molecular weight excluding hydrogens is 228 g/mol. The first kappa shape index (κ1) is 11.2. The van der Waals surface area contributed by atoms with Gasteiger partial charge in [0, 0.05) is 0 Å². The van der Waals surface area contributed by atoms with Gasteiger partial charge < -0.3 is 9.92 Å². The number of hydrogen-bond donors (Lipinski definition) is 2. The summed E-state index contributed by atoms with van der Waals surface area (Å²) in [6.07, 6.45) is 0. The standard InChI is InChI=1S/C6H6N2O6S/c7-4-2-1-3-5(6(4)8(9)10)14-15(11,12)13/h1-3H,7H2,(H,11,12,13). The molecule has 0 aliphatic heterocycles. The first-order valence-corrected chi connectivity index (χ1v) is 4.87. The van der Waals surface area contributed by atoms with Gasteiger partial charge in [0.25, 0.3) is 0 Å². The maximum atomic E-state index is 10.5. The Balaban J connectivity index is 3.30. The predicted molar refractivity (Wildman–Crippen MR) is 49.7 cm³/mol. The number of nitro benzene ring substituents is 1. The maximum absolute atomic E-state index is 10.5. The molecule has 8 nitrogen and oxygen atoms in total. The van der Waals surface area contributed by atoms with Crippen molar-refractivity contribution in [3.63, 3.8) is 0 Å². The second-order valence-corrected chi connectivity index (χ2v) is 3.48. The number of rotatable bonds is 3. The van der Waals surface area contributed by atoms with Gasteiger partial charge in [0.1, 0.15) is 5.69 Å². The highest BCUT2D eigenvalue weighted by atomic mass is 32.3. The highest BCUT2D eigenvalue weighted by molar-refractivity contribution is 7.81. The van der Waals surface area contributed by atoms with E-state index in [-0.39, 0.29) is 5.69 Å². The number of anilines is 1. The fourth-order valence-corrected chi connectivity index (χ4v) is 1.28. The van der Waals surface area contributed by atoms with Crippen LogP contribution in [-0.2, 0) is 10.4 Å². The number of nitrogens with zero attached hydrogens (tertiary/aromatic N) is 1. The van der Waals surface area contributed by atoms with Crippen molar-refractivity contribution in [3.05, 3.63) is 28.3 Å². The molecule has 0 aliphatic carbocycles. The number of hydrogen-bond acceptors (Lipinski definition) is 6. The molecule has 0 amide bonds. The lowest BCUT2D eigenvalue weighted by Gasteiger charge is -2.03. The molecule has 0 aliphatic rings. The fourth-order valence-electron chi connectivity index (χ4n) is 0.915. The van der Waals surface area contributed by atoms with E-state index in [1.54, 1.807) is 0 Å². The van der Waals surface area contributed by atoms with Crippen molar-refractivity contribution >= 4 is 21.8 Å². The first-order valence-electron chi connectivity index (χ1n) is 3.51. The molecule has 0 heterocycles. The lowest BCUT2D eigenvalue weighted by molar-refractivity contribution is -0.384. The van der Waals surface area contributed by atoms with E-state index in [0.717, 1.165) is 6.07 Å². The lowest BCUT2D eigenvalue weighted by atomic mass is 10.2. The van der Waals surface area contributed by atoms with E-state index in [4.69, 9.17) is 10.3 Å². The lowest BCUT2D eigenvalue weighted by Crippen LogP contribution is -2.09. The number of benzene rings is 1. The summed E-state index contributed by atoms with van der Waals surface area (Å²) in [6.45, 7) is 0. The molecule has 0 aromatic heterocycles. The fraction of sp³-hybridized carbons (Fsp3) is 0. The quantitative estimate of drug-likeness (QED) is 0.333. The summed E-state index contributed by atoms with van der Waals surface area (Å²) in [5.74, 6) is -0.637. The van der Waals surface area contributed by atoms with Crippen LogP contribution < -0.4 is 9.92 Å². The SMILES string of the molecule is Nc1cccc(OS(=O)(=O)O)c1[N+](=O)[O-]. The normalized spacial score (nSPS) is 11.0. The molecule has 0 saturated heterocycles. The van der Waals surface area contributed by atoms with Crippen molar-refractivity contribution in [2.75, 3.05) is 5.73 Å². The van der Waals surface area contributed by atoms with Gasteiger partial charge in [-0.25, -0.2) is 0 Å². The third kappa shape index (κ3) is 2.79. The molecule has 1 aromatic rings. The Kier molecular flexibility index (Phi) is 2.77. The van der Waals surface area contributed by atoms with Crippen molar-refractivity contribution in [3.8, 4) is 5.75 Å². The van der Waals surface area contributed by atoms with E-state index in [2.05, 4.69) is 4.18 Å². The Morgan fingerprint density at radius 2 is 2.07 bits per heavy atom. The van der Waals surface area contributed by atoms with Crippen LogP contribution in [0.2, 0.25) is 0 Å². The molecule has 3 N–H and O–H groups in total. The van der Waals surface area contributed by atoms with Crippen LogP contribution in [0.3, 0.4) is 0 Å². The zero-order chi connectivity index (χ0) is 11.6. The molecule has 0 radical (unpaired) electrons. The van der Waals surface area contributed by atoms with Gasteiger partial charge in [0.2, 0.25) is 5.75 Å². The van der Waals surface area contributed by atoms with Crippen molar-refractivity contribution in [1.29, 1.82) is 0 Å². The van der Waals surface area contributed by atoms with E-state index >= 15 is 0 Å². The van der Waals surface area contributed by atoms with Crippen LogP contribution in [0.1, 0.15) is 0 Å². The molecule has 0 atom stereocenters. The molecular formula is C6H6N2O6S. The van der Waals surface area contributed by atoms with Gasteiger partial charge in [-0.2, -0.15) is 8.42 Å². The predicted octanol–water partition coefficient (Wildman–Crippen LogP) is 0.359. The van der Waals surface area contributed by atoms with Crippen molar-refractivity contribution in [2.45, 2.75) is 0 Å². The second-order valence-electron chi connectivity index (χ2n) is 2.46. The number of nitrogens with two attached hydrogens (primary N) is 1. The van der Waals surface area contributed by atoms with Gasteiger partial charge in [-0.15, -0.1) is 0 Å². The summed E-state index contributed by atoms with van der Waals surface area (Å²) in [5, 5.41) is 10.5. The first-order chi connectivity index (χ1) is 6.81. The third-order valence-corrected chi connectivity index (χ3v) is 1.80. The Morgan fingerprint density at radius 3 is 2.53 bits per heavy atom. The molecule has 15 heavy (non-hydrogen) atoms. The summed E-state index contributed by atoms with van der Waals surface area (Å²) < 4.78 is 33.0. The molecule has 0 fully saturated rings. The third-order valence-electron chi connectivity index (χ3n) is 1.41. The van der Waals surface area contributed by atoms with E-state index in [1.165, 1.54) is 12.1 Å². The van der Waals surface area contributed by atoms with E-state index in [0.29, 0.717) is 0 Å². The van der Waals surface area contributed by atoms with E-state index < -0.39 is 26.8 Å². The monoisotopic (exact) mass is 234 g/mol. The van der Waals surface area contributed by atoms with Gasteiger partial charge in [0.15, 0.2) is 0 Å².